The van der Waals surface area contributed by atoms with E-state index in [2.05, 4.69) is 6.07 Å². The van der Waals surface area contributed by atoms with Crippen molar-refractivity contribution in [1.82, 2.24) is 0 Å². The molecule has 0 amide bonds. The van der Waals surface area contributed by atoms with Gasteiger partial charge in [0.15, 0.2) is 0 Å². The molecule has 0 bridgehead atoms. The predicted octanol–water partition coefficient (Wildman–Crippen LogP) is 2.73. The molecule has 1 aromatic carbocycles. The number of nitrogens with zero attached hydrogens (tertiary/aromatic N) is 1. The second kappa shape index (κ2) is 5.49. The molecule has 3 nitrogen and oxygen atoms in total. The number of hydrogen-bond donors (Lipinski definition) is 0. The van der Waals surface area contributed by atoms with E-state index >= 15 is 0 Å². The van der Waals surface area contributed by atoms with E-state index in [4.69, 9.17) is 10.00 Å². The zero-order chi connectivity index (χ0) is 12.9. The molecular formula is C14H17NO2. The summed E-state index contributed by atoms with van der Waals surface area (Å²) in [7, 11) is 0. The molecule has 17 heavy (non-hydrogen) atoms. The van der Waals surface area contributed by atoms with Crippen molar-refractivity contribution in [2.45, 2.75) is 32.6 Å². The molecule has 0 aliphatic rings. The molecule has 3 heteroatoms. The molecule has 0 heterocycles. The first kappa shape index (κ1) is 13.2. The molecule has 0 N–H and O–H groups in total. The Hall–Kier alpha value is -1.82. The molecule has 0 saturated carbocycles. The molecule has 0 radical (unpaired) electrons. The van der Waals surface area contributed by atoms with Crippen LogP contribution in [-0.4, -0.2) is 12.6 Å². The third-order valence-corrected chi connectivity index (χ3v) is 2.85. The maximum absolute atomic E-state index is 12.0. The molecule has 0 aliphatic heterocycles. The lowest BCUT2D eigenvalue weighted by Gasteiger charge is -2.25. The lowest BCUT2D eigenvalue weighted by molar-refractivity contribution is -0.149. The van der Waals surface area contributed by atoms with Crippen LogP contribution in [-0.2, 0) is 14.9 Å². The van der Waals surface area contributed by atoms with Crippen molar-refractivity contribution >= 4 is 5.97 Å². The minimum Gasteiger partial charge on any atom is -0.465 e. The first-order valence-electron chi connectivity index (χ1n) is 5.66. The summed E-state index contributed by atoms with van der Waals surface area (Å²) in [5.74, 6) is -0.342. The minimum atomic E-state index is -0.877. The van der Waals surface area contributed by atoms with Crippen LogP contribution in [0.3, 0.4) is 0 Å². The van der Waals surface area contributed by atoms with E-state index in [1.165, 1.54) is 0 Å². The fourth-order valence-electron chi connectivity index (χ4n) is 1.66. The number of carbonyl (C=O) groups excluding carboxylic acids is 1. The average molecular weight is 231 g/mol. The molecule has 1 unspecified atom stereocenters. The molecule has 1 atom stereocenters. The molecule has 0 saturated heterocycles. The Balaban J connectivity index is 3.11. The number of hydrogen-bond acceptors (Lipinski definition) is 3. The molecule has 0 aliphatic carbocycles. The summed E-state index contributed by atoms with van der Waals surface area (Å²) < 4.78 is 5.05. The highest BCUT2D eigenvalue weighted by Crippen LogP contribution is 2.29. The van der Waals surface area contributed by atoms with Crippen molar-refractivity contribution in [3.63, 3.8) is 0 Å². The molecule has 1 rings (SSSR count). The molecule has 90 valence electrons. The summed E-state index contributed by atoms with van der Waals surface area (Å²) in [6.07, 6.45) is 0.120. The van der Waals surface area contributed by atoms with Crippen LogP contribution in [0.2, 0.25) is 0 Å². The van der Waals surface area contributed by atoms with E-state index < -0.39 is 5.41 Å². The third-order valence-electron chi connectivity index (χ3n) is 2.85. The maximum Gasteiger partial charge on any atom is 0.317 e. The summed E-state index contributed by atoms with van der Waals surface area (Å²) in [6, 6.07) is 9.69. The molecule has 0 aromatic heterocycles. The van der Waals surface area contributed by atoms with Gasteiger partial charge >= 0.3 is 5.97 Å². The maximum atomic E-state index is 12.0. The van der Waals surface area contributed by atoms with Crippen LogP contribution in [0.5, 0.6) is 0 Å². The fraction of sp³-hybridized carbons (Fsp3) is 0.429. The average Bonchev–Trinajstić information content (AvgIpc) is 2.30. The molecule has 0 fully saturated rings. The van der Waals surface area contributed by atoms with Gasteiger partial charge < -0.3 is 4.74 Å². The number of nitriles is 1. The second-order valence-corrected chi connectivity index (χ2v) is 4.25. The summed E-state index contributed by atoms with van der Waals surface area (Å²) in [5.41, 5.74) is 1.07. The normalized spacial score (nSPS) is 13.5. The van der Waals surface area contributed by atoms with Crippen LogP contribution in [0.25, 0.3) is 0 Å². The number of benzene rings is 1. The Morgan fingerprint density at radius 3 is 2.47 bits per heavy atom. The van der Waals surface area contributed by atoms with Crippen molar-refractivity contribution in [3.8, 4) is 6.07 Å². The smallest absolute Gasteiger partial charge is 0.317 e. The Morgan fingerprint density at radius 2 is 2.00 bits per heavy atom. The topological polar surface area (TPSA) is 50.1 Å². The number of rotatable bonds is 4. The van der Waals surface area contributed by atoms with Gasteiger partial charge in [0.2, 0.25) is 0 Å². The van der Waals surface area contributed by atoms with Crippen LogP contribution in [0.15, 0.2) is 24.3 Å². The fourth-order valence-corrected chi connectivity index (χ4v) is 1.66. The highest BCUT2D eigenvalue weighted by Gasteiger charge is 2.36. The van der Waals surface area contributed by atoms with Crippen molar-refractivity contribution in [3.05, 3.63) is 35.4 Å². The van der Waals surface area contributed by atoms with Gasteiger partial charge in [0.25, 0.3) is 0 Å². The van der Waals surface area contributed by atoms with Crippen molar-refractivity contribution < 1.29 is 9.53 Å². The zero-order valence-electron chi connectivity index (χ0n) is 10.5. The zero-order valence-corrected chi connectivity index (χ0v) is 10.5. The van der Waals surface area contributed by atoms with Crippen molar-refractivity contribution in [2.75, 3.05) is 6.61 Å². The van der Waals surface area contributed by atoms with Crippen LogP contribution in [0.1, 0.15) is 31.4 Å². The Bertz CT molecular complexity index is 431. The molecular weight excluding hydrogens is 214 g/mol. The first-order chi connectivity index (χ1) is 8.04. The number of ether oxygens (including phenoxy) is 1. The van der Waals surface area contributed by atoms with Gasteiger partial charge in [0.05, 0.1) is 19.1 Å². The van der Waals surface area contributed by atoms with Crippen LogP contribution < -0.4 is 0 Å². The predicted molar refractivity (Wildman–Crippen MR) is 65.4 cm³/mol. The Kier molecular flexibility index (Phi) is 4.28. The number of esters is 1. The quantitative estimate of drug-likeness (QED) is 0.749. The van der Waals surface area contributed by atoms with Gasteiger partial charge in [-0.3, -0.25) is 4.79 Å². The van der Waals surface area contributed by atoms with Gasteiger partial charge in [-0.2, -0.15) is 5.26 Å². The molecule has 0 spiro atoms. The van der Waals surface area contributed by atoms with E-state index in [1.54, 1.807) is 13.8 Å². The highest BCUT2D eigenvalue weighted by atomic mass is 16.5. The largest absolute Gasteiger partial charge is 0.465 e. The van der Waals surface area contributed by atoms with Gasteiger partial charge in [-0.1, -0.05) is 29.8 Å². The van der Waals surface area contributed by atoms with Gasteiger partial charge in [-0.05, 0) is 26.3 Å². The lowest BCUT2D eigenvalue weighted by Crippen LogP contribution is -2.34. The van der Waals surface area contributed by atoms with E-state index in [0.717, 1.165) is 11.1 Å². The monoisotopic (exact) mass is 231 g/mol. The number of aryl methyl sites for hydroxylation is 1. The van der Waals surface area contributed by atoms with Gasteiger partial charge in [0.1, 0.15) is 5.41 Å². The third kappa shape index (κ3) is 2.85. The van der Waals surface area contributed by atoms with Gasteiger partial charge in [0, 0.05) is 0 Å². The summed E-state index contributed by atoms with van der Waals surface area (Å²) in [4.78, 5) is 12.0. The first-order valence-corrected chi connectivity index (χ1v) is 5.66. The Labute approximate surface area is 102 Å². The van der Waals surface area contributed by atoms with Crippen LogP contribution in [0, 0.1) is 18.3 Å². The van der Waals surface area contributed by atoms with E-state index in [1.807, 2.05) is 31.2 Å². The SMILES string of the molecule is CCOC(=O)C(C)(CC#N)c1ccc(C)cc1. The van der Waals surface area contributed by atoms with E-state index in [-0.39, 0.29) is 12.4 Å². The standard InChI is InChI=1S/C14H17NO2/c1-4-17-13(16)14(3,9-10-15)12-7-5-11(2)6-8-12/h5-8H,4,9H2,1-3H3. The lowest BCUT2D eigenvalue weighted by atomic mass is 9.79. The van der Waals surface area contributed by atoms with Gasteiger partial charge in [-0.25, -0.2) is 0 Å². The summed E-state index contributed by atoms with van der Waals surface area (Å²) in [5, 5.41) is 8.88. The van der Waals surface area contributed by atoms with E-state index in [0.29, 0.717) is 6.61 Å². The number of carbonyl (C=O) groups is 1. The van der Waals surface area contributed by atoms with Crippen molar-refractivity contribution in [2.24, 2.45) is 0 Å². The Morgan fingerprint density at radius 1 is 1.41 bits per heavy atom. The van der Waals surface area contributed by atoms with Crippen LogP contribution >= 0.6 is 0 Å². The van der Waals surface area contributed by atoms with Crippen LogP contribution in [0.4, 0.5) is 0 Å². The summed E-state index contributed by atoms with van der Waals surface area (Å²) in [6.45, 7) is 5.82. The summed E-state index contributed by atoms with van der Waals surface area (Å²) >= 11 is 0. The van der Waals surface area contributed by atoms with E-state index in [9.17, 15) is 4.79 Å². The minimum absolute atomic E-state index is 0.120. The highest BCUT2D eigenvalue weighted by molar-refractivity contribution is 5.83. The van der Waals surface area contributed by atoms with Gasteiger partial charge in [-0.15, -0.1) is 0 Å². The second-order valence-electron chi connectivity index (χ2n) is 4.25. The van der Waals surface area contributed by atoms with Crippen molar-refractivity contribution in [1.29, 1.82) is 5.26 Å². The molecule has 1 aromatic rings.